The van der Waals surface area contributed by atoms with Crippen LogP contribution in [0.5, 0.6) is 0 Å². The first-order valence-corrected chi connectivity index (χ1v) is 8.90. The summed E-state index contributed by atoms with van der Waals surface area (Å²) < 4.78 is 11.2. The topological polar surface area (TPSA) is 68.5 Å². The lowest BCUT2D eigenvalue weighted by Gasteiger charge is -2.05. The van der Waals surface area contributed by atoms with Crippen molar-refractivity contribution in [3.05, 3.63) is 51.6 Å². The molecule has 1 aromatic carbocycles. The van der Waals surface area contributed by atoms with Crippen molar-refractivity contribution in [2.45, 2.75) is 6.92 Å². The summed E-state index contributed by atoms with van der Waals surface area (Å²) in [5.74, 6) is 0.310. The third-order valence-electron chi connectivity index (χ3n) is 3.29. The maximum absolute atomic E-state index is 11.9. The summed E-state index contributed by atoms with van der Waals surface area (Å²) in [5, 5.41) is 2.85. The molecule has 1 saturated heterocycles. The van der Waals surface area contributed by atoms with E-state index < -0.39 is 5.97 Å². The largest absolute Gasteiger partial charge is 0.462 e. The van der Waals surface area contributed by atoms with Crippen LogP contribution in [0.4, 0.5) is 0 Å². The number of furan rings is 1. The molecule has 25 heavy (non-hydrogen) atoms. The highest BCUT2D eigenvalue weighted by Crippen LogP contribution is 2.30. The number of rotatable bonds is 4. The number of hydrogen-bond acceptors (Lipinski definition) is 6. The number of thiocarbonyl (C=S) groups is 1. The Kier molecular flexibility index (Phi) is 5.27. The predicted octanol–water partition coefficient (Wildman–Crippen LogP) is 4.27. The summed E-state index contributed by atoms with van der Waals surface area (Å²) >= 11 is 12.2. The Morgan fingerprint density at radius 2 is 2.20 bits per heavy atom. The molecule has 3 rings (SSSR count). The monoisotopic (exact) mass is 393 g/mol. The molecule has 1 aliphatic heterocycles. The van der Waals surface area contributed by atoms with Gasteiger partial charge in [0, 0.05) is 11.6 Å². The number of ether oxygens (including phenoxy) is 1. The molecule has 8 heteroatoms. The zero-order valence-corrected chi connectivity index (χ0v) is 15.4. The number of esters is 1. The van der Waals surface area contributed by atoms with Gasteiger partial charge < -0.3 is 14.5 Å². The summed E-state index contributed by atoms with van der Waals surface area (Å²) in [6.07, 6.45) is 1.62. The van der Waals surface area contributed by atoms with Crippen LogP contribution in [0.1, 0.15) is 23.0 Å². The van der Waals surface area contributed by atoms with E-state index in [-0.39, 0.29) is 18.1 Å². The number of halogens is 1. The van der Waals surface area contributed by atoms with Crippen LogP contribution in [0.2, 0.25) is 5.02 Å². The molecule has 5 nitrogen and oxygen atoms in total. The van der Waals surface area contributed by atoms with Gasteiger partial charge in [-0.1, -0.05) is 35.6 Å². The molecule has 2 aromatic rings. The standard InChI is InChI=1S/C17H12ClNO4S2/c1-2-22-16(21)11-7-9(3-5-12(11)18)13-6-4-10(23-13)8-14-15(20)19-17(24)25-14/h3-8H,2H2,1H3,(H,19,20,24)/b14-8+. The van der Waals surface area contributed by atoms with Gasteiger partial charge in [0.15, 0.2) is 0 Å². The number of nitrogens with one attached hydrogen (secondary N) is 1. The fraction of sp³-hybridized carbons (Fsp3) is 0.118. The summed E-state index contributed by atoms with van der Waals surface area (Å²) in [6.45, 7) is 1.99. The number of hydrogen-bond donors (Lipinski definition) is 1. The van der Waals surface area contributed by atoms with E-state index in [2.05, 4.69) is 5.32 Å². The Morgan fingerprint density at radius 3 is 2.88 bits per heavy atom. The van der Waals surface area contributed by atoms with Crippen molar-refractivity contribution in [2.24, 2.45) is 0 Å². The summed E-state index contributed by atoms with van der Waals surface area (Å²) in [7, 11) is 0. The van der Waals surface area contributed by atoms with Crippen molar-refractivity contribution in [3.8, 4) is 11.3 Å². The van der Waals surface area contributed by atoms with Crippen molar-refractivity contribution in [1.82, 2.24) is 5.32 Å². The lowest BCUT2D eigenvalue weighted by Crippen LogP contribution is -2.17. The summed E-state index contributed by atoms with van der Waals surface area (Å²) in [6, 6.07) is 8.45. The third kappa shape index (κ3) is 3.95. The summed E-state index contributed by atoms with van der Waals surface area (Å²) in [5.41, 5.74) is 0.949. The van der Waals surface area contributed by atoms with Crippen molar-refractivity contribution in [3.63, 3.8) is 0 Å². The third-order valence-corrected chi connectivity index (χ3v) is 4.78. The molecule has 1 aromatic heterocycles. The second-order valence-electron chi connectivity index (χ2n) is 4.97. The van der Waals surface area contributed by atoms with Crippen molar-refractivity contribution >= 4 is 57.9 Å². The molecule has 0 bridgehead atoms. The average molecular weight is 394 g/mol. The molecule has 128 valence electrons. The number of carbonyl (C=O) groups excluding carboxylic acids is 2. The molecule has 1 N–H and O–H groups in total. The maximum atomic E-state index is 11.9. The van der Waals surface area contributed by atoms with E-state index >= 15 is 0 Å². The van der Waals surface area contributed by atoms with Crippen LogP contribution in [-0.4, -0.2) is 22.8 Å². The van der Waals surface area contributed by atoms with Crippen LogP contribution < -0.4 is 5.32 Å². The smallest absolute Gasteiger partial charge is 0.339 e. The van der Waals surface area contributed by atoms with Crippen molar-refractivity contribution < 1.29 is 18.7 Å². The Morgan fingerprint density at radius 1 is 1.40 bits per heavy atom. The SMILES string of the molecule is CCOC(=O)c1cc(-c2ccc(/C=C3/SC(=S)NC3=O)o2)ccc1Cl. The van der Waals surface area contributed by atoms with E-state index in [0.29, 0.717) is 31.3 Å². The van der Waals surface area contributed by atoms with E-state index in [9.17, 15) is 9.59 Å². The average Bonchev–Trinajstić information content (AvgIpc) is 3.15. The number of amides is 1. The second kappa shape index (κ2) is 7.43. The minimum Gasteiger partial charge on any atom is -0.462 e. The Bertz CT molecular complexity index is 904. The van der Waals surface area contributed by atoms with Gasteiger partial charge in [-0.05, 0) is 37.3 Å². The first-order chi connectivity index (χ1) is 12.0. The molecule has 0 radical (unpaired) electrons. The van der Waals surface area contributed by atoms with Gasteiger partial charge in [-0.25, -0.2) is 4.79 Å². The van der Waals surface area contributed by atoms with Gasteiger partial charge in [0.2, 0.25) is 0 Å². The Hall–Kier alpha value is -2.09. The Labute approximate surface area is 158 Å². The van der Waals surface area contributed by atoms with Gasteiger partial charge in [0.25, 0.3) is 5.91 Å². The van der Waals surface area contributed by atoms with Gasteiger partial charge in [-0.3, -0.25) is 4.79 Å². The highest BCUT2D eigenvalue weighted by atomic mass is 35.5. The molecule has 2 heterocycles. The van der Waals surface area contributed by atoms with Crippen LogP contribution in [0.25, 0.3) is 17.4 Å². The van der Waals surface area contributed by atoms with Gasteiger partial charge in [0.1, 0.15) is 15.8 Å². The molecule has 1 fully saturated rings. The molecule has 0 atom stereocenters. The molecule has 0 unspecified atom stereocenters. The fourth-order valence-corrected chi connectivity index (χ4v) is 3.40. The maximum Gasteiger partial charge on any atom is 0.339 e. The zero-order valence-electron chi connectivity index (χ0n) is 13.0. The van der Waals surface area contributed by atoms with Crippen LogP contribution in [0, 0.1) is 0 Å². The second-order valence-corrected chi connectivity index (χ2v) is 7.10. The van der Waals surface area contributed by atoms with Gasteiger partial charge in [0.05, 0.1) is 22.1 Å². The minimum absolute atomic E-state index is 0.246. The quantitative estimate of drug-likeness (QED) is 0.475. The van der Waals surface area contributed by atoms with Crippen LogP contribution in [0.15, 0.2) is 39.7 Å². The van der Waals surface area contributed by atoms with E-state index in [1.54, 1.807) is 43.3 Å². The lowest BCUT2D eigenvalue weighted by molar-refractivity contribution is -0.115. The van der Waals surface area contributed by atoms with E-state index in [1.807, 2.05) is 0 Å². The van der Waals surface area contributed by atoms with Crippen LogP contribution in [-0.2, 0) is 9.53 Å². The Balaban J connectivity index is 1.89. The number of thioether (sulfide) groups is 1. The number of carbonyl (C=O) groups is 2. The molecule has 1 amide bonds. The molecule has 0 spiro atoms. The first-order valence-electron chi connectivity index (χ1n) is 7.29. The van der Waals surface area contributed by atoms with Crippen LogP contribution >= 0.6 is 35.6 Å². The van der Waals surface area contributed by atoms with Crippen LogP contribution in [0.3, 0.4) is 0 Å². The lowest BCUT2D eigenvalue weighted by atomic mass is 10.1. The minimum atomic E-state index is -0.490. The molecular weight excluding hydrogens is 382 g/mol. The van der Waals surface area contributed by atoms with Crippen molar-refractivity contribution in [2.75, 3.05) is 6.61 Å². The molecule has 0 aliphatic carbocycles. The normalized spacial score (nSPS) is 15.5. The van der Waals surface area contributed by atoms with E-state index in [4.69, 9.17) is 33.0 Å². The fourth-order valence-electron chi connectivity index (χ4n) is 2.18. The molecular formula is C17H12ClNO4S2. The van der Waals surface area contributed by atoms with Gasteiger partial charge in [-0.15, -0.1) is 0 Å². The van der Waals surface area contributed by atoms with Gasteiger partial charge >= 0.3 is 5.97 Å². The van der Waals surface area contributed by atoms with Gasteiger partial charge in [-0.2, -0.15) is 0 Å². The van der Waals surface area contributed by atoms with Crippen molar-refractivity contribution in [1.29, 1.82) is 0 Å². The molecule has 0 saturated carbocycles. The first kappa shape index (κ1) is 17.7. The highest BCUT2D eigenvalue weighted by Gasteiger charge is 2.22. The zero-order chi connectivity index (χ0) is 18.0. The van der Waals surface area contributed by atoms with E-state index in [0.717, 1.165) is 0 Å². The summed E-state index contributed by atoms with van der Waals surface area (Å²) in [4.78, 5) is 24.1. The number of benzene rings is 1. The molecule has 1 aliphatic rings. The highest BCUT2D eigenvalue weighted by molar-refractivity contribution is 8.26. The van der Waals surface area contributed by atoms with E-state index in [1.165, 1.54) is 11.8 Å². The predicted molar refractivity (Wildman–Crippen MR) is 101 cm³/mol.